The highest BCUT2D eigenvalue weighted by molar-refractivity contribution is 6.77. The SMILES string of the molecule is C[Si](C)(C)C(CCOC(=O)/C=C/C(=O)O)c1ccccc1. The Hall–Kier alpha value is -1.88. The molecule has 0 saturated heterocycles. The average Bonchev–Trinajstić information content (AvgIpc) is 2.41. The molecule has 1 unspecified atom stereocenters. The van der Waals surface area contributed by atoms with Crippen molar-refractivity contribution in [2.24, 2.45) is 0 Å². The highest BCUT2D eigenvalue weighted by Crippen LogP contribution is 2.30. The Bertz CT molecular complexity index is 503. The molecule has 0 amide bonds. The van der Waals surface area contributed by atoms with Gasteiger partial charge in [0.2, 0.25) is 0 Å². The van der Waals surface area contributed by atoms with E-state index in [0.717, 1.165) is 18.6 Å². The van der Waals surface area contributed by atoms with Crippen LogP contribution in [0.3, 0.4) is 0 Å². The molecule has 0 radical (unpaired) electrons. The van der Waals surface area contributed by atoms with Gasteiger partial charge in [0.25, 0.3) is 0 Å². The lowest BCUT2D eigenvalue weighted by Crippen LogP contribution is -2.32. The molecule has 0 aliphatic carbocycles. The van der Waals surface area contributed by atoms with E-state index in [1.54, 1.807) is 0 Å². The van der Waals surface area contributed by atoms with E-state index in [1.165, 1.54) is 5.56 Å². The first kappa shape index (κ1) is 17.2. The van der Waals surface area contributed by atoms with Crippen LogP contribution < -0.4 is 0 Å². The minimum absolute atomic E-state index is 0.298. The van der Waals surface area contributed by atoms with Crippen molar-refractivity contribution in [3.8, 4) is 0 Å². The summed E-state index contributed by atoms with van der Waals surface area (Å²) in [7, 11) is -1.44. The third kappa shape index (κ3) is 6.40. The van der Waals surface area contributed by atoms with Gasteiger partial charge in [-0.15, -0.1) is 0 Å². The first-order valence-electron chi connectivity index (χ1n) is 6.93. The summed E-state index contributed by atoms with van der Waals surface area (Å²) in [5.74, 6) is -1.77. The first-order chi connectivity index (χ1) is 9.80. The number of carboxylic acids is 1. The Morgan fingerprint density at radius 1 is 1.19 bits per heavy atom. The number of hydrogen-bond donors (Lipinski definition) is 1. The zero-order valence-electron chi connectivity index (χ0n) is 12.7. The van der Waals surface area contributed by atoms with Gasteiger partial charge in [-0.1, -0.05) is 50.0 Å². The molecule has 5 heteroatoms. The van der Waals surface area contributed by atoms with Crippen molar-refractivity contribution >= 4 is 20.0 Å². The molecule has 1 aromatic rings. The second-order valence-corrected chi connectivity index (χ2v) is 11.4. The zero-order chi connectivity index (χ0) is 15.9. The van der Waals surface area contributed by atoms with Gasteiger partial charge in [-0.25, -0.2) is 9.59 Å². The number of carbonyl (C=O) groups excluding carboxylic acids is 1. The molecule has 4 nitrogen and oxygen atoms in total. The van der Waals surface area contributed by atoms with Gasteiger partial charge in [0.05, 0.1) is 14.7 Å². The molecule has 1 rings (SSSR count). The third-order valence-electron chi connectivity index (χ3n) is 3.26. The first-order valence-corrected chi connectivity index (χ1v) is 10.5. The molecule has 0 aromatic heterocycles. The minimum atomic E-state index is -1.44. The Morgan fingerprint density at radius 2 is 1.81 bits per heavy atom. The number of ether oxygens (including phenoxy) is 1. The highest BCUT2D eigenvalue weighted by atomic mass is 28.3. The molecule has 0 heterocycles. The molecule has 0 aliphatic heterocycles. The number of hydrogen-bond acceptors (Lipinski definition) is 3. The van der Waals surface area contributed by atoms with Crippen molar-refractivity contribution in [1.29, 1.82) is 0 Å². The fourth-order valence-corrected chi connectivity index (χ4v) is 4.43. The van der Waals surface area contributed by atoms with Crippen molar-refractivity contribution in [2.75, 3.05) is 6.61 Å². The lowest BCUT2D eigenvalue weighted by molar-refractivity contribution is -0.138. The van der Waals surface area contributed by atoms with Crippen molar-refractivity contribution < 1.29 is 19.4 Å². The molecule has 1 atom stereocenters. The van der Waals surface area contributed by atoms with E-state index in [4.69, 9.17) is 9.84 Å². The second kappa shape index (κ2) is 7.78. The van der Waals surface area contributed by atoms with Crippen molar-refractivity contribution in [2.45, 2.75) is 31.6 Å². The standard InChI is InChI=1S/C16H22O4Si/c1-21(2,3)14(13-7-5-4-6-8-13)11-12-20-16(19)10-9-15(17)18/h4-10,14H,11-12H2,1-3H3,(H,17,18)/b10-9+. The summed E-state index contributed by atoms with van der Waals surface area (Å²) < 4.78 is 5.07. The van der Waals surface area contributed by atoms with Gasteiger partial charge in [-0.3, -0.25) is 0 Å². The largest absolute Gasteiger partial charge is 0.478 e. The Labute approximate surface area is 126 Å². The lowest BCUT2D eigenvalue weighted by Gasteiger charge is -2.29. The number of carboxylic acid groups (broad SMARTS) is 1. The molecule has 0 aliphatic rings. The van der Waals surface area contributed by atoms with E-state index in [2.05, 4.69) is 31.8 Å². The number of rotatable bonds is 7. The molecule has 114 valence electrons. The zero-order valence-corrected chi connectivity index (χ0v) is 13.7. The third-order valence-corrected chi connectivity index (χ3v) is 5.97. The van der Waals surface area contributed by atoms with Crippen LogP contribution in [0.2, 0.25) is 19.6 Å². The summed E-state index contributed by atoms with van der Waals surface area (Å²) in [6.07, 6.45) is 2.48. The molecule has 0 saturated carbocycles. The van der Waals surface area contributed by atoms with Crippen LogP contribution in [0.15, 0.2) is 42.5 Å². The summed E-state index contributed by atoms with van der Waals surface area (Å²) in [6, 6.07) is 10.2. The van der Waals surface area contributed by atoms with Crippen molar-refractivity contribution in [3.63, 3.8) is 0 Å². The Balaban J connectivity index is 2.60. The van der Waals surface area contributed by atoms with Gasteiger partial charge in [0, 0.05) is 12.2 Å². The van der Waals surface area contributed by atoms with Gasteiger partial charge >= 0.3 is 11.9 Å². The monoisotopic (exact) mass is 306 g/mol. The maximum atomic E-state index is 11.4. The number of aliphatic carboxylic acids is 1. The van der Waals surface area contributed by atoms with Crippen LogP contribution in [0.25, 0.3) is 0 Å². The van der Waals surface area contributed by atoms with Gasteiger partial charge in [-0.05, 0) is 17.5 Å². The molecule has 0 spiro atoms. The van der Waals surface area contributed by atoms with Crippen LogP contribution in [-0.4, -0.2) is 31.7 Å². The molecule has 0 bridgehead atoms. The van der Waals surface area contributed by atoms with E-state index < -0.39 is 20.0 Å². The second-order valence-electron chi connectivity index (χ2n) is 5.96. The van der Waals surface area contributed by atoms with E-state index in [-0.39, 0.29) is 0 Å². The van der Waals surface area contributed by atoms with Crippen LogP contribution in [0.5, 0.6) is 0 Å². The molecule has 21 heavy (non-hydrogen) atoms. The van der Waals surface area contributed by atoms with Gasteiger partial charge in [0.15, 0.2) is 0 Å². The lowest BCUT2D eigenvalue weighted by atomic mass is 10.1. The minimum Gasteiger partial charge on any atom is -0.478 e. The maximum absolute atomic E-state index is 11.4. The molecule has 0 fully saturated rings. The van der Waals surface area contributed by atoms with Crippen LogP contribution in [0.1, 0.15) is 17.5 Å². The summed E-state index contributed by atoms with van der Waals surface area (Å²) in [5, 5.41) is 8.44. The summed E-state index contributed by atoms with van der Waals surface area (Å²) in [5.41, 5.74) is 1.67. The topological polar surface area (TPSA) is 63.6 Å². The quantitative estimate of drug-likeness (QED) is 0.477. The number of esters is 1. The smallest absolute Gasteiger partial charge is 0.331 e. The predicted octanol–water partition coefficient (Wildman–Crippen LogP) is 3.22. The van der Waals surface area contributed by atoms with Crippen molar-refractivity contribution in [3.05, 3.63) is 48.0 Å². The summed E-state index contributed by atoms with van der Waals surface area (Å²) in [4.78, 5) is 21.7. The van der Waals surface area contributed by atoms with Crippen LogP contribution in [0, 0.1) is 0 Å². The fraction of sp³-hybridized carbons (Fsp3) is 0.375. The molecule has 1 aromatic carbocycles. The molecular weight excluding hydrogens is 284 g/mol. The summed E-state index contributed by atoms with van der Waals surface area (Å²) in [6.45, 7) is 7.16. The fourth-order valence-electron chi connectivity index (χ4n) is 2.25. The van der Waals surface area contributed by atoms with Crippen LogP contribution >= 0.6 is 0 Å². The highest BCUT2D eigenvalue weighted by Gasteiger charge is 2.27. The molecular formula is C16H22O4Si. The van der Waals surface area contributed by atoms with E-state index in [0.29, 0.717) is 12.1 Å². The number of benzene rings is 1. The summed E-state index contributed by atoms with van der Waals surface area (Å²) >= 11 is 0. The predicted molar refractivity (Wildman–Crippen MR) is 84.9 cm³/mol. The Morgan fingerprint density at radius 3 is 2.33 bits per heavy atom. The molecule has 1 N–H and O–H groups in total. The van der Waals surface area contributed by atoms with Crippen molar-refractivity contribution in [1.82, 2.24) is 0 Å². The maximum Gasteiger partial charge on any atom is 0.331 e. The number of carbonyl (C=O) groups is 2. The average molecular weight is 306 g/mol. The van der Waals surface area contributed by atoms with E-state index in [9.17, 15) is 9.59 Å². The van der Waals surface area contributed by atoms with E-state index in [1.807, 2.05) is 18.2 Å². The van der Waals surface area contributed by atoms with Gasteiger partial charge < -0.3 is 9.84 Å². The van der Waals surface area contributed by atoms with E-state index >= 15 is 0 Å². The normalized spacial score (nSPS) is 13.1. The van der Waals surface area contributed by atoms with Gasteiger partial charge in [0.1, 0.15) is 0 Å². The van der Waals surface area contributed by atoms with Crippen LogP contribution in [0.4, 0.5) is 0 Å². The van der Waals surface area contributed by atoms with Gasteiger partial charge in [-0.2, -0.15) is 0 Å². The Kier molecular flexibility index (Phi) is 6.36. The van der Waals surface area contributed by atoms with Crippen LogP contribution in [-0.2, 0) is 14.3 Å².